The number of nitrogens with one attached hydrogen (secondary N) is 1. The third-order valence-corrected chi connectivity index (χ3v) is 6.32. The summed E-state index contributed by atoms with van der Waals surface area (Å²) in [6, 6.07) is 12.7. The highest BCUT2D eigenvalue weighted by molar-refractivity contribution is 7.92. The second-order valence-corrected chi connectivity index (χ2v) is 8.94. The fourth-order valence-electron chi connectivity index (χ4n) is 3.91. The molecule has 0 spiro atoms. The van der Waals surface area contributed by atoms with Crippen LogP contribution >= 0.6 is 0 Å². The summed E-state index contributed by atoms with van der Waals surface area (Å²) in [7, 11) is -3.35. The molecule has 1 amide bonds. The van der Waals surface area contributed by atoms with Crippen LogP contribution < -0.4 is 9.62 Å². The molecule has 2 aromatic carbocycles. The lowest BCUT2D eigenvalue weighted by Crippen LogP contribution is -2.34. The van der Waals surface area contributed by atoms with Crippen molar-refractivity contribution in [2.24, 2.45) is 0 Å². The third kappa shape index (κ3) is 3.03. The fourth-order valence-corrected chi connectivity index (χ4v) is 5.18. The number of sulfonamides is 1. The second kappa shape index (κ2) is 6.63. The number of hydrogen-bond acceptors (Lipinski definition) is 4. The van der Waals surface area contributed by atoms with Crippen LogP contribution in [0.25, 0.3) is 11.0 Å². The Labute approximate surface area is 164 Å². The molecule has 28 heavy (non-hydrogen) atoms. The van der Waals surface area contributed by atoms with E-state index >= 15 is 0 Å². The van der Waals surface area contributed by atoms with Gasteiger partial charge in [0.05, 0.1) is 23.0 Å². The molecule has 8 heteroatoms. The standard InChI is InChI=1S/C20H22N4O3S/c1-4-23-18-8-6-5-7-16(18)21-20(23)22-19(25)14-9-10-17-15(12-14)11-13(2)24(17)28(3,26)27/h5-10,12-13H,4,11H2,1-3H3,(H,21,22,25). The van der Waals surface area contributed by atoms with E-state index in [-0.39, 0.29) is 11.9 Å². The molecule has 0 bridgehead atoms. The van der Waals surface area contributed by atoms with E-state index in [4.69, 9.17) is 0 Å². The summed E-state index contributed by atoms with van der Waals surface area (Å²) in [4.78, 5) is 17.3. The van der Waals surface area contributed by atoms with Crippen molar-refractivity contribution in [3.63, 3.8) is 0 Å². The third-order valence-electron chi connectivity index (χ3n) is 5.05. The second-order valence-electron chi connectivity index (χ2n) is 7.08. The zero-order valence-electron chi connectivity index (χ0n) is 16.0. The average molecular weight is 398 g/mol. The van der Waals surface area contributed by atoms with Crippen LogP contribution in [-0.4, -0.2) is 36.2 Å². The van der Waals surface area contributed by atoms with E-state index in [0.717, 1.165) is 16.6 Å². The van der Waals surface area contributed by atoms with Crippen LogP contribution in [0.3, 0.4) is 0 Å². The highest BCUT2D eigenvalue weighted by Crippen LogP contribution is 2.34. The van der Waals surface area contributed by atoms with E-state index in [1.165, 1.54) is 10.6 Å². The van der Waals surface area contributed by atoms with E-state index in [0.29, 0.717) is 30.2 Å². The van der Waals surface area contributed by atoms with E-state index in [1.807, 2.05) is 42.7 Å². The molecule has 0 saturated carbocycles. The zero-order valence-corrected chi connectivity index (χ0v) is 16.8. The molecule has 0 fully saturated rings. The highest BCUT2D eigenvalue weighted by Gasteiger charge is 2.32. The van der Waals surface area contributed by atoms with Crippen molar-refractivity contribution in [3.8, 4) is 0 Å². The summed E-state index contributed by atoms with van der Waals surface area (Å²) in [5.74, 6) is 0.235. The number of rotatable bonds is 4. The summed E-state index contributed by atoms with van der Waals surface area (Å²) < 4.78 is 27.5. The first kappa shape index (κ1) is 18.5. The molecule has 1 aliphatic heterocycles. The largest absolute Gasteiger partial charge is 0.310 e. The van der Waals surface area contributed by atoms with Crippen molar-refractivity contribution in [1.29, 1.82) is 0 Å². The Morgan fingerprint density at radius 3 is 2.71 bits per heavy atom. The molecule has 1 aromatic heterocycles. The van der Waals surface area contributed by atoms with Crippen molar-refractivity contribution < 1.29 is 13.2 Å². The number of aromatic nitrogens is 2. The Hall–Kier alpha value is -2.87. The van der Waals surface area contributed by atoms with Crippen LogP contribution in [0.15, 0.2) is 42.5 Å². The number of carbonyl (C=O) groups is 1. The van der Waals surface area contributed by atoms with Crippen LogP contribution in [0, 0.1) is 0 Å². The lowest BCUT2D eigenvalue weighted by atomic mass is 10.1. The first-order chi connectivity index (χ1) is 13.3. The molecule has 0 aliphatic carbocycles. The zero-order chi connectivity index (χ0) is 20.1. The summed E-state index contributed by atoms with van der Waals surface area (Å²) in [6.07, 6.45) is 1.78. The number of amides is 1. The van der Waals surface area contributed by atoms with Gasteiger partial charge in [-0.25, -0.2) is 13.4 Å². The minimum absolute atomic E-state index is 0.160. The number of aryl methyl sites for hydroxylation is 1. The smallest absolute Gasteiger partial charge is 0.257 e. The van der Waals surface area contributed by atoms with E-state index in [2.05, 4.69) is 10.3 Å². The molecule has 4 rings (SSSR count). The maximum atomic E-state index is 12.8. The van der Waals surface area contributed by atoms with Crippen LogP contribution in [0.1, 0.15) is 29.8 Å². The first-order valence-corrected chi connectivity index (χ1v) is 11.0. The molecule has 1 atom stereocenters. The maximum absolute atomic E-state index is 12.8. The number of nitrogens with zero attached hydrogens (tertiary/aromatic N) is 3. The molecule has 3 aromatic rings. The number of hydrogen-bond donors (Lipinski definition) is 1. The van der Waals surface area contributed by atoms with Gasteiger partial charge in [0.15, 0.2) is 0 Å². The Morgan fingerprint density at radius 2 is 2.00 bits per heavy atom. The Balaban J connectivity index is 1.65. The molecule has 146 valence electrons. The van der Waals surface area contributed by atoms with Gasteiger partial charge in [0.2, 0.25) is 16.0 Å². The van der Waals surface area contributed by atoms with Gasteiger partial charge in [-0.1, -0.05) is 12.1 Å². The minimum Gasteiger partial charge on any atom is -0.310 e. The van der Waals surface area contributed by atoms with Crippen molar-refractivity contribution in [2.75, 3.05) is 15.9 Å². The number of fused-ring (bicyclic) bond motifs is 2. The lowest BCUT2D eigenvalue weighted by molar-refractivity contribution is 0.102. The molecule has 7 nitrogen and oxygen atoms in total. The number of para-hydroxylation sites is 2. The van der Waals surface area contributed by atoms with Gasteiger partial charge in [0.25, 0.3) is 5.91 Å². The van der Waals surface area contributed by atoms with Gasteiger partial charge in [-0.2, -0.15) is 0 Å². The number of anilines is 2. The van der Waals surface area contributed by atoms with Crippen molar-refractivity contribution in [3.05, 3.63) is 53.6 Å². The van der Waals surface area contributed by atoms with Gasteiger partial charge in [-0.05, 0) is 56.2 Å². The predicted molar refractivity (Wildman–Crippen MR) is 110 cm³/mol. The molecule has 1 N–H and O–H groups in total. The minimum atomic E-state index is -3.35. The summed E-state index contributed by atoms with van der Waals surface area (Å²) in [6.45, 7) is 4.55. The number of imidazole rings is 1. The van der Waals surface area contributed by atoms with E-state index in [1.54, 1.807) is 18.2 Å². The maximum Gasteiger partial charge on any atom is 0.257 e. The SMILES string of the molecule is CCn1c(NC(=O)c2ccc3c(c2)CC(C)N3S(C)(=O)=O)nc2ccccc21. The van der Waals surface area contributed by atoms with Gasteiger partial charge >= 0.3 is 0 Å². The van der Waals surface area contributed by atoms with Gasteiger partial charge in [-0.15, -0.1) is 0 Å². The predicted octanol–water partition coefficient (Wildman–Crippen LogP) is 3.02. The summed E-state index contributed by atoms with van der Waals surface area (Å²) in [5, 5.41) is 2.89. The van der Waals surface area contributed by atoms with Gasteiger partial charge < -0.3 is 4.57 Å². The molecular formula is C20H22N4O3S. The Kier molecular flexibility index (Phi) is 4.38. The van der Waals surface area contributed by atoms with Gasteiger partial charge in [0.1, 0.15) is 0 Å². The Morgan fingerprint density at radius 1 is 1.25 bits per heavy atom. The van der Waals surface area contributed by atoms with Crippen molar-refractivity contribution in [1.82, 2.24) is 9.55 Å². The quantitative estimate of drug-likeness (QED) is 0.732. The number of carbonyl (C=O) groups excluding carboxylic acids is 1. The molecular weight excluding hydrogens is 376 g/mol. The molecule has 1 unspecified atom stereocenters. The van der Waals surface area contributed by atoms with Crippen LogP contribution in [-0.2, 0) is 23.0 Å². The van der Waals surface area contributed by atoms with Gasteiger partial charge in [0, 0.05) is 18.2 Å². The monoisotopic (exact) mass is 398 g/mol. The average Bonchev–Trinajstić information content (AvgIpc) is 3.16. The van der Waals surface area contributed by atoms with Crippen LogP contribution in [0.4, 0.5) is 11.6 Å². The topological polar surface area (TPSA) is 84.3 Å². The van der Waals surface area contributed by atoms with Gasteiger partial charge in [-0.3, -0.25) is 14.4 Å². The normalized spacial score (nSPS) is 16.4. The fraction of sp³-hybridized carbons (Fsp3) is 0.300. The Bertz CT molecular complexity index is 1180. The number of benzene rings is 2. The van der Waals surface area contributed by atoms with Crippen LogP contribution in [0.2, 0.25) is 0 Å². The molecule has 2 heterocycles. The van der Waals surface area contributed by atoms with E-state index in [9.17, 15) is 13.2 Å². The molecule has 0 saturated heterocycles. The summed E-state index contributed by atoms with van der Waals surface area (Å²) >= 11 is 0. The van der Waals surface area contributed by atoms with Crippen molar-refractivity contribution >= 4 is 38.6 Å². The van der Waals surface area contributed by atoms with E-state index < -0.39 is 10.0 Å². The molecule has 1 aliphatic rings. The molecule has 0 radical (unpaired) electrons. The highest BCUT2D eigenvalue weighted by atomic mass is 32.2. The summed E-state index contributed by atoms with van der Waals surface area (Å²) in [5.41, 5.74) is 3.77. The first-order valence-electron chi connectivity index (χ1n) is 9.18. The van der Waals surface area contributed by atoms with Crippen molar-refractivity contribution in [2.45, 2.75) is 32.9 Å². The van der Waals surface area contributed by atoms with Crippen LogP contribution in [0.5, 0.6) is 0 Å². The lowest BCUT2D eigenvalue weighted by Gasteiger charge is -2.21.